The van der Waals surface area contributed by atoms with E-state index in [2.05, 4.69) is 40.7 Å². The maximum atomic E-state index is 6.03. The van der Waals surface area contributed by atoms with E-state index >= 15 is 0 Å². The van der Waals surface area contributed by atoms with Crippen LogP contribution in [0.15, 0.2) is 12.1 Å². The summed E-state index contributed by atoms with van der Waals surface area (Å²) in [5.41, 5.74) is 4.16. The molecule has 0 N–H and O–H groups in total. The first-order chi connectivity index (χ1) is 5.82. The van der Waals surface area contributed by atoms with Crippen molar-refractivity contribution >= 4 is 11.6 Å². The van der Waals surface area contributed by atoms with Gasteiger partial charge < -0.3 is 0 Å². The standard InChI is InChI=1S/C12H17Cl/c1-8-6-10(13)7-11(9(8)2)12(3,4)5/h6-7H,1-5H3. The molecule has 0 amide bonds. The van der Waals surface area contributed by atoms with E-state index < -0.39 is 0 Å². The summed E-state index contributed by atoms with van der Waals surface area (Å²) in [6, 6.07) is 4.09. The zero-order chi connectivity index (χ0) is 10.2. The first-order valence-electron chi connectivity index (χ1n) is 4.59. The second kappa shape index (κ2) is 3.34. The minimum atomic E-state index is 0.180. The summed E-state index contributed by atoms with van der Waals surface area (Å²) in [6.07, 6.45) is 0. The van der Waals surface area contributed by atoms with E-state index in [1.54, 1.807) is 0 Å². The molecule has 0 aliphatic carbocycles. The summed E-state index contributed by atoms with van der Waals surface area (Å²) in [7, 11) is 0. The van der Waals surface area contributed by atoms with Crippen LogP contribution in [0, 0.1) is 13.8 Å². The van der Waals surface area contributed by atoms with Crippen LogP contribution < -0.4 is 0 Å². The number of halogens is 1. The first-order valence-corrected chi connectivity index (χ1v) is 4.97. The van der Waals surface area contributed by atoms with Crippen LogP contribution in [-0.4, -0.2) is 0 Å². The van der Waals surface area contributed by atoms with Crippen molar-refractivity contribution in [2.45, 2.75) is 40.0 Å². The molecule has 0 saturated heterocycles. The Morgan fingerprint density at radius 2 is 1.62 bits per heavy atom. The molecule has 13 heavy (non-hydrogen) atoms. The van der Waals surface area contributed by atoms with Gasteiger partial charge in [-0.05, 0) is 48.1 Å². The van der Waals surface area contributed by atoms with Crippen molar-refractivity contribution in [3.05, 3.63) is 33.8 Å². The molecule has 0 heterocycles. The van der Waals surface area contributed by atoms with Crippen molar-refractivity contribution in [2.75, 3.05) is 0 Å². The molecule has 1 aromatic carbocycles. The lowest BCUT2D eigenvalue weighted by Gasteiger charge is -2.23. The highest BCUT2D eigenvalue weighted by Crippen LogP contribution is 2.30. The molecule has 0 unspecified atom stereocenters. The number of hydrogen-bond acceptors (Lipinski definition) is 0. The van der Waals surface area contributed by atoms with E-state index in [4.69, 9.17) is 11.6 Å². The third kappa shape index (κ3) is 2.25. The second-order valence-corrected chi connectivity index (χ2v) is 5.08. The van der Waals surface area contributed by atoms with Gasteiger partial charge >= 0.3 is 0 Å². The van der Waals surface area contributed by atoms with Gasteiger partial charge in [0.2, 0.25) is 0 Å². The lowest BCUT2D eigenvalue weighted by molar-refractivity contribution is 0.585. The van der Waals surface area contributed by atoms with Gasteiger partial charge in [0.05, 0.1) is 0 Å². The Kier molecular flexibility index (Phi) is 2.72. The number of aryl methyl sites for hydroxylation is 1. The fraction of sp³-hybridized carbons (Fsp3) is 0.500. The largest absolute Gasteiger partial charge is 0.0843 e. The molecule has 0 spiro atoms. The Morgan fingerprint density at radius 3 is 2.08 bits per heavy atom. The molecule has 0 nitrogen and oxygen atoms in total. The third-order valence-corrected chi connectivity index (χ3v) is 2.66. The highest BCUT2D eigenvalue weighted by Gasteiger charge is 2.17. The average molecular weight is 197 g/mol. The summed E-state index contributed by atoms with van der Waals surface area (Å²) in [5, 5.41) is 0.841. The van der Waals surface area contributed by atoms with Crippen LogP contribution in [-0.2, 0) is 5.41 Å². The molecule has 0 aliphatic heterocycles. The number of benzene rings is 1. The molecule has 0 aliphatic rings. The minimum absolute atomic E-state index is 0.180. The van der Waals surface area contributed by atoms with Crippen LogP contribution in [0.2, 0.25) is 5.02 Å². The van der Waals surface area contributed by atoms with E-state index in [1.807, 2.05) is 6.07 Å². The molecule has 0 saturated carbocycles. The molecule has 0 bridgehead atoms. The molecule has 0 fully saturated rings. The van der Waals surface area contributed by atoms with Gasteiger partial charge in [-0.2, -0.15) is 0 Å². The molecule has 0 atom stereocenters. The van der Waals surface area contributed by atoms with Crippen molar-refractivity contribution in [1.29, 1.82) is 0 Å². The van der Waals surface area contributed by atoms with E-state index in [0.29, 0.717) is 0 Å². The van der Waals surface area contributed by atoms with E-state index in [9.17, 15) is 0 Å². The molecule has 0 aromatic heterocycles. The summed E-state index contributed by atoms with van der Waals surface area (Å²) in [6.45, 7) is 10.9. The maximum Gasteiger partial charge on any atom is 0.0411 e. The van der Waals surface area contributed by atoms with Crippen molar-refractivity contribution in [3.63, 3.8) is 0 Å². The predicted octanol–water partition coefficient (Wildman–Crippen LogP) is 4.25. The Labute approximate surface area is 85.9 Å². The van der Waals surface area contributed by atoms with Gasteiger partial charge in [-0.3, -0.25) is 0 Å². The number of hydrogen-bond donors (Lipinski definition) is 0. The maximum absolute atomic E-state index is 6.03. The Balaban J connectivity index is 3.37. The normalized spacial score (nSPS) is 11.8. The van der Waals surface area contributed by atoms with Crippen molar-refractivity contribution in [2.24, 2.45) is 0 Å². The highest BCUT2D eigenvalue weighted by molar-refractivity contribution is 6.30. The van der Waals surface area contributed by atoms with Gasteiger partial charge in [0.15, 0.2) is 0 Å². The first kappa shape index (κ1) is 10.6. The fourth-order valence-electron chi connectivity index (χ4n) is 1.59. The Hall–Kier alpha value is -0.490. The van der Waals surface area contributed by atoms with Crippen LogP contribution >= 0.6 is 11.6 Å². The summed E-state index contributed by atoms with van der Waals surface area (Å²) >= 11 is 6.03. The smallest absolute Gasteiger partial charge is 0.0411 e. The summed E-state index contributed by atoms with van der Waals surface area (Å²) < 4.78 is 0. The minimum Gasteiger partial charge on any atom is -0.0843 e. The van der Waals surface area contributed by atoms with Crippen LogP contribution in [0.4, 0.5) is 0 Å². The van der Waals surface area contributed by atoms with Gasteiger partial charge in [0, 0.05) is 5.02 Å². The van der Waals surface area contributed by atoms with Crippen LogP contribution in [0.25, 0.3) is 0 Å². The SMILES string of the molecule is Cc1cc(Cl)cc(C(C)(C)C)c1C. The van der Waals surface area contributed by atoms with Gasteiger partial charge in [0.1, 0.15) is 0 Å². The van der Waals surface area contributed by atoms with E-state index in [0.717, 1.165) is 5.02 Å². The zero-order valence-corrected chi connectivity index (χ0v) is 9.79. The number of rotatable bonds is 0. The predicted molar refractivity (Wildman–Crippen MR) is 59.6 cm³/mol. The third-order valence-electron chi connectivity index (χ3n) is 2.44. The van der Waals surface area contributed by atoms with Crippen LogP contribution in [0.5, 0.6) is 0 Å². The monoisotopic (exact) mass is 196 g/mol. The van der Waals surface area contributed by atoms with Crippen LogP contribution in [0.1, 0.15) is 37.5 Å². The zero-order valence-electron chi connectivity index (χ0n) is 9.03. The Morgan fingerprint density at radius 1 is 1.08 bits per heavy atom. The molecular formula is C12H17Cl. The molecule has 1 aromatic rings. The van der Waals surface area contributed by atoms with Crippen molar-refractivity contribution in [3.8, 4) is 0 Å². The molecular weight excluding hydrogens is 180 g/mol. The lowest BCUT2D eigenvalue weighted by Crippen LogP contribution is -2.13. The van der Waals surface area contributed by atoms with E-state index in [-0.39, 0.29) is 5.41 Å². The topological polar surface area (TPSA) is 0 Å². The van der Waals surface area contributed by atoms with E-state index in [1.165, 1.54) is 16.7 Å². The molecule has 0 radical (unpaired) electrons. The summed E-state index contributed by atoms with van der Waals surface area (Å²) in [4.78, 5) is 0. The second-order valence-electron chi connectivity index (χ2n) is 4.65. The average Bonchev–Trinajstić information content (AvgIpc) is 1.94. The van der Waals surface area contributed by atoms with Gasteiger partial charge in [0.25, 0.3) is 0 Å². The quantitative estimate of drug-likeness (QED) is 0.582. The van der Waals surface area contributed by atoms with Gasteiger partial charge in [-0.15, -0.1) is 0 Å². The van der Waals surface area contributed by atoms with Crippen molar-refractivity contribution in [1.82, 2.24) is 0 Å². The van der Waals surface area contributed by atoms with Crippen LogP contribution in [0.3, 0.4) is 0 Å². The lowest BCUT2D eigenvalue weighted by atomic mass is 9.83. The molecule has 72 valence electrons. The molecule has 1 heteroatoms. The van der Waals surface area contributed by atoms with Gasteiger partial charge in [-0.25, -0.2) is 0 Å². The Bertz CT molecular complexity index is 319. The fourth-order valence-corrected chi connectivity index (χ4v) is 1.87. The highest BCUT2D eigenvalue weighted by atomic mass is 35.5. The van der Waals surface area contributed by atoms with Gasteiger partial charge in [-0.1, -0.05) is 32.4 Å². The molecule has 1 rings (SSSR count). The van der Waals surface area contributed by atoms with Crippen molar-refractivity contribution < 1.29 is 0 Å². The summed E-state index contributed by atoms with van der Waals surface area (Å²) in [5.74, 6) is 0.